The number of anilines is 1. The van der Waals surface area contributed by atoms with Crippen molar-refractivity contribution in [2.24, 2.45) is 0 Å². The van der Waals surface area contributed by atoms with E-state index in [1.807, 2.05) is 6.92 Å². The van der Waals surface area contributed by atoms with Crippen LogP contribution in [-0.2, 0) is 14.8 Å². The molecule has 0 bridgehead atoms. The van der Waals surface area contributed by atoms with Gasteiger partial charge in [0.2, 0.25) is 15.9 Å². The maximum atomic E-state index is 12.2. The van der Waals surface area contributed by atoms with Crippen molar-refractivity contribution in [3.05, 3.63) is 48.5 Å². The quantitative estimate of drug-likeness (QED) is 0.472. The van der Waals surface area contributed by atoms with Gasteiger partial charge in [0.05, 0.1) is 32.2 Å². The lowest BCUT2D eigenvalue weighted by molar-refractivity contribution is -0.121. The number of hydrogen-bond acceptors (Lipinski definition) is 6. The molecule has 9 heteroatoms. The third kappa shape index (κ3) is 8.37. The molecular formula is C22H30N2O6S. The molecule has 0 unspecified atom stereocenters. The van der Waals surface area contributed by atoms with E-state index in [2.05, 4.69) is 5.32 Å². The van der Waals surface area contributed by atoms with Gasteiger partial charge in [-0.1, -0.05) is 0 Å². The average Bonchev–Trinajstić information content (AvgIpc) is 2.75. The van der Waals surface area contributed by atoms with Crippen LogP contribution in [0.4, 0.5) is 5.69 Å². The Morgan fingerprint density at radius 1 is 0.968 bits per heavy atom. The number of ether oxygens (including phenoxy) is 3. The van der Waals surface area contributed by atoms with Gasteiger partial charge in [0.15, 0.2) is 0 Å². The summed E-state index contributed by atoms with van der Waals surface area (Å²) >= 11 is 0. The molecule has 31 heavy (non-hydrogen) atoms. The van der Waals surface area contributed by atoms with Crippen LogP contribution in [0.15, 0.2) is 48.5 Å². The van der Waals surface area contributed by atoms with Crippen LogP contribution in [-0.4, -0.2) is 54.0 Å². The van der Waals surface area contributed by atoms with Crippen LogP contribution in [0.3, 0.4) is 0 Å². The average molecular weight is 451 g/mol. The van der Waals surface area contributed by atoms with Crippen LogP contribution in [0.25, 0.3) is 0 Å². The molecule has 0 saturated carbocycles. The number of sulfonamides is 1. The van der Waals surface area contributed by atoms with Gasteiger partial charge in [0, 0.05) is 13.0 Å². The van der Waals surface area contributed by atoms with E-state index in [0.29, 0.717) is 43.4 Å². The van der Waals surface area contributed by atoms with E-state index < -0.39 is 10.0 Å². The molecule has 0 aliphatic heterocycles. The number of rotatable bonds is 13. The molecule has 170 valence electrons. The molecule has 0 saturated heterocycles. The zero-order valence-electron chi connectivity index (χ0n) is 18.2. The number of nitrogens with one attached hydrogen (secondary N) is 1. The van der Waals surface area contributed by atoms with Crippen LogP contribution < -0.4 is 23.8 Å². The van der Waals surface area contributed by atoms with Gasteiger partial charge in [-0.3, -0.25) is 9.10 Å². The van der Waals surface area contributed by atoms with Crippen LogP contribution in [0.2, 0.25) is 0 Å². The van der Waals surface area contributed by atoms with Gasteiger partial charge in [-0.15, -0.1) is 0 Å². The first-order chi connectivity index (χ1) is 14.8. The highest BCUT2D eigenvalue weighted by atomic mass is 32.2. The highest BCUT2D eigenvalue weighted by Crippen LogP contribution is 2.22. The zero-order valence-corrected chi connectivity index (χ0v) is 19.0. The van der Waals surface area contributed by atoms with E-state index in [0.717, 1.165) is 12.0 Å². The minimum atomic E-state index is -3.47. The van der Waals surface area contributed by atoms with Crippen molar-refractivity contribution in [1.29, 1.82) is 0 Å². The predicted molar refractivity (Wildman–Crippen MR) is 121 cm³/mol. The third-order valence-corrected chi connectivity index (χ3v) is 5.55. The Morgan fingerprint density at radius 3 is 2.13 bits per heavy atom. The van der Waals surface area contributed by atoms with E-state index in [1.165, 1.54) is 4.31 Å². The van der Waals surface area contributed by atoms with Gasteiger partial charge in [-0.25, -0.2) is 8.42 Å². The first kappa shape index (κ1) is 24.3. The standard InChI is InChI=1S/C22H30N2O6S/c1-4-29-20-9-7-18(8-10-20)24(31(3,26)27)16-5-6-22(25)23-15-17-30-21-13-11-19(28-2)12-14-21/h7-14H,4-6,15-17H2,1-3H3,(H,23,25). The highest BCUT2D eigenvalue weighted by molar-refractivity contribution is 7.92. The second kappa shape index (κ2) is 12.0. The zero-order chi connectivity index (χ0) is 22.7. The number of nitrogens with zero attached hydrogens (tertiary/aromatic N) is 1. The van der Waals surface area contributed by atoms with Gasteiger partial charge in [0.1, 0.15) is 23.9 Å². The van der Waals surface area contributed by atoms with E-state index in [9.17, 15) is 13.2 Å². The summed E-state index contributed by atoms with van der Waals surface area (Å²) in [6.45, 7) is 3.32. The molecule has 0 fully saturated rings. The number of carbonyl (C=O) groups excluding carboxylic acids is 1. The van der Waals surface area contributed by atoms with Crippen LogP contribution >= 0.6 is 0 Å². The Morgan fingerprint density at radius 2 is 1.55 bits per heavy atom. The summed E-state index contributed by atoms with van der Waals surface area (Å²) in [5, 5.41) is 2.78. The molecule has 0 aromatic heterocycles. The highest BCUT2D eigenvalue weighted by Gasteiger charge is 2.17. The lowest BCUT2D eigenvalue weighted by Crippen LogP contribution is -2.32. The van der Waals surface area contributed by atoms with Crippen molar-refractivity contribution < 1.29 is 27.4 Å². The van der Waals surface area contributed by atoms with Gasteiger partial charge in [0.25, 0.3) is 0 Å². The Kier molecular flexibility index (Phi) is 9.45. The molecule has 0 spiro atoms. The van der Waals surface area contributed by atoms with E-state index in [4.69, 9.17) is 14.2 Å². The fraction of sp³-hybridized carbons (Fsp3) is 0.409. The normalized spacial score (nSPS) is 10.9. The lowest BCUT2D eigenvalue weighted by atomic mass is 10.2. The van der Waals surface area contributed by atoms with Crippen molar-refractivity contribution in [3.63, 3.8) is 0 Å². The monoisotopic (exact) mass is 450 g/mol. The topological polar surface area (TPSA) is 94.2 Å². The second-order valence-corrected chi connectivity index (χ2v) is 8.65. The van der Waals surface area contributed by atoms with E-state index in [1.54, 1.807) is 55.6 Å². The maximum Gasteiger partial charge on any atom is 0.232 e. The summed E-state index contributed by atoms with van der Waals surface area (Å²) in [6.07, 6.45) is 1.76. The SMILES string of the molecule is CCOc1ccc(N(CCCC(=O)NCCOc2ccc(OC)cc2)S(C)(=O)=O)cc1. The van der Waals surface area contributed by atoms with Crippen molar-refractivity contribution in [2.75, 3.05) is 44.0 Å². The molecule has 0 heterocycles. The predicted octanol–water partition coefficient (Wildman–Crippen LogP) is 2.84. The molecule has 0 radical (unpaired) electrons. The van der Waals surface area contributed by atoms with Crippen LogP contribution in [0.1, 0.15) is 19.8 Å². The number of carbonyl (C=O) groups is 1. The largest absolute Gasteiger partial charge is 0.497 e. The molecule has 1 N–H and O–H groups in total. The number of amides is 1. The first-order valence-electron chi connectivity index (χ1n) is 10.1. The first-order valence-corrected chi connectivity index (χ1v) is 11.9. The molecule has 0 aliphatic carbocycles. The van der Waals surface area contributed by atoms with Gasteiger partial charge in [-0.2, -0.15) is 0 Å². The number of hydrogen-bond donors (Lipinski definition) is 1. The van der Waals surface area contributed by atoms with Gasteiger partial charge < -0.3 is 19.5 Å². The smallest absolute Gasteiger partial charge is 0.232 e. The third-order valence-electron chi connectivity index (χ3n) is 4.35. The summed E-state index contributed by atoms with van der Waals surface area (Å²) in [5.41, 5.74) is 0.541. The van der Waals surface area contributed by atoms with E-state index >= 15 is 0 Å². The summed E-state index contributed by atoms with van der Waals surface area (Å²) in [6, 6.07) is 14.0. The minimum Gasteiger partial charge on any atom is -0.497 e. The van der Waals surface area contributed by atoms with Gasteiger partial charge in [-0.05, 0) is 61.9 Å². The molecule has 0 atom stereocenters. The Balaban J connectivity index is 1.74. The summed E-state index contributed by atoms with van der Waals surface area (Å²) in [7, 11) is -1.87. The Bertz CT molecular complexity index is 914. The number of benzene rings is 2. The summed E-state index contributed by atoms with van der Waals surface area (Å²) in [5.74, 6) is 1.96. The molecule has 1 amide bonds. The van der Waals surface area contributed by atoms with Gasteiger partial charge >= 0.3 is 0 Å². The van der Waals surface area contributed by atoms with Crippen molar-refractivity contribution >= 4 is 21.6 Å². The van der Waals surface area contributed by atoms with Crippen LogP contribution in [0, 0.1) is 0 Å². The molecule has 2 aromatic rings. The summed E-state index contributed by atoms with van der Waals surface area (Å²) in [4.78, 5) is 12.1. The molecule has 2 rings (SSSR count). The maximum absolute atomic E-state index is 12.2. The fourth-order valence-electron chi connectivity index (χ4n) is 2.86. The second-order valence-electron chi connectivity index (χ2n) is 6.74. The Labute approximate surface area is 184 Å². The lowest BCUT2D eigenvalue weighted by Gasteiger charge is -2.22. The molecule has 8 nitrogen and oxygen atoms in total. The number of methoxy groups -OCH3 is 1. The van der Waals surface area contributed by atoms with E-state index in [-0.39, 0.29) is 18.9 Å². The fourth-order valence-corrected chi connectivity index (χ4v) is 3.83. The molecule has 0 aliphatic rings. The molecule has 2 aromatic carbocycles. The molecular weight excluding hydrogens is 420 g/mol. The van der Waals surface area contributed by atoms with Crippen molar-refractivity contribution in [3.8, 4) is 17.2 Å². The Hall–Kier alpha value is -2.94. The minimum absolute atomic E-state index is 0.154. The summed E-state index contributed by atoms with van der Waals surface area (Å²) < 4.78 is 41.7. The van der Waals surface area contributed by atoms with Crippen LogP contribution in [0.5, 0.6) is 17.2 Å². The van der Waals surface area contributed by atoms with Crippen molar-refractivity contribution in [1.82, 2.24) is 5.32 Å². The van der Waals surface area contributed by atoms with Crippen molar-refractivity contribution in [2.45, 2.75) is 19.8 Å².